The van der Waals surface area contributed by atoms with Gasteiger partial charge in [0.25, 0.3) is 5.91 Å². The van der Waals surface area contributed by atoms with Crippen molar-refractivity contribution in [1.29, 1.82) is 0 Å². The van der Waals surface area contributed by atoms with E-state index in [-0.39, 0.29) is 43.6 Å². The molecule has 0 spiro atoms. The van der Waals surface area contributed by atoms with Crippen LogP contribution in [0, 0.1) is 6.92 Å². The van der Waals surface area contributed by atoms with Crippen LogP contribution >= 0.6 is 0 Å². The van der Waals surface area contributed by atoms with Gasteiger partial charge in [-0.05, 0) is 25.5 Å². The third-order valence-electron chi connectivity index (χ3n) is 4.92. The number of likely N-dealkylation sites (N-methyl/N-ethyl adjacent to an activating group) is 1. The molecule has 0 saturated carbocycles. The fraction of sp³-hybridized carbons (Fsp3) is 0.474. The summed E-state index contributed by atoms with van der Waals surface area (Å²) < 4.78 is 0. The molecule has 2 aliphatic heterocycles. The van der Waals surface area contributed by atoms with E-state index in [0.717, 1.165) is 5.56 Å². The molecule has 1 saturated heterocycles. The number of carbonyl (C=O) groups excluding carboxylic acids is 2. The Morgan fingerprint density at radius 1 is 1.35 bits per heavy atom. The van der Waals surface area contributed by atoms with Crippen LogP contribution in [0.25, 0.3) is 0 Å². The average molecular weight is 358 g/mol. The second-order valence-electron chi connectivity index (χ2n) is 7.01. The molecule has 2 aliphatic rings. The Hall–Kier alpha value is -2.38. The zero-order valence-electron chi connectivity index (χ0n) is 15.5. The first kappa shape index (κ1) is 18.4. The van der Waals surface area contributed by atoms with Crippen molar-refractivity contribution in [3.05, 3.63) is 47.2 Å². The van der Waals surface area contributed by atoms with Gasteiger partial charge in [0, 0.05) is 20.1 Å². The molecule has 140 valence electrons. The van der Waals surface area contributed by atoms with E-state index < -0.39 is 0 Å². The minimum atomic E-state index is -0.172. The van der Waals surface area contributed by atoms with E-state index >= 15 is 0 Å². The minimum absolute atomic E-state index is 0.0278. The summed E-state index contributed by atoms with van der Waals surface area (Å²) in [6.45, 7) is 4.75. The molecule has 0 aliphatic carbocycles. The van der Waals surface area contributed by atoms with Crippen molar-refractivity contribution in [3.63, 3.8) is 0 Å². The van der Waals surface area contributed by atoms with Gasteiger partial charge in [-0.2, -0.15) is 0 Å². The number of nitrogens with zero attached hydrogens (tertiary/aromatic N) is 3. The zero-order chi connectivity index (χ0) is 18.8. The average Bonchev–Trinajstić information content (AvgIpc) is 3.06. The van der Waals surface area contributed by atoms with Gasteiger partial charge in [-0.25, -0.2) is 5.43 Å². The van der Waals surface area contributed by atoms with Crippen molar-refractivity contribution in [2.24, 2.45) is 0 Å². The Morgan fingerprint density at radius 3 is 2.69 bits per heavy atom. The predicted molar refractivity (Wildman–Crippen MR) is 97.7 cm³/mol. The number of aliphatic hydroxyl groups is 1. The summed E-state index contributed by atoms with van der Waals surface area (Å²) >= 11 is 0. The number of fused-ring (bicyclic) bond motifs is 1. The Labute approximate surface area is 153 Å². The van der Waals surface area contributed by atoms with Crippen LogP contribution in [0.2, 0.25) is 0 Å². The van der Waals surface area contributed by atoms with Crippen molar-refractivity contribution in [3.8, 4) is 0 Å². The van der Waals surface area contributed by atoms with Gasteiger partial charge in [0.2, 0.25) is 5.91 Å². The van der Waals surface area contributed by atoms with Crippen LogP contribution in [0.15, 0.2) is 36.0 Å². The van der Waals surface area contributed by atoms with Gasteiger partial charge >= 0.3 is 0 Å². The van der Waals surface area contributed by atoms with Gasteiger partial charge in [0.1, 0.15) is 12.2 Å². The molecule has 1 fully saturated rings. The second kappa shape index (κ2) is 7.47. The van der Waals surface area contributed by atoms with Gasteiger partial charge < -0.3 is 14.9 Å². The van der Waals surface area contributed by atoms with Crippen LogP contribution in [0.1, 0.15) is 24.1 Å². The molecule has 3 rings (SSSR count). The van der Waals surface area contributed by atoms with E-state index in [1.807, 2.05) is 24.9 Å². The van der Waals surface area contributed by atoms with E-state index in [1.165, 1.54) is 10.5 Å². The van der Waals surface area contributed by atoms with Crippen LogP contribution in [0.4, 0.5) is 0 Å². The third-order valence-corrected chi connectivity index (χ3v) is 4.92. The maximum atomic E-state index is 12.9. The maximum Gasteiger partial charge on any atom is 0.271 e. The number of amides is 2. The molecule has 1 aromatic rings. The molecule has 2 heterocycles. The predicted octanol–water partition coefficient (Wildman–Crippen LogP) is 0.422. The van der Waals surface area contributed by atoms with Crippen LogP contribution in [0.3, 0.4) is 0 Å². The van der Waals surface area contributed by atoms with Gasteiger partial charge in [-0.3, -0.25) is 14.6 Å². The lowest BCUT2D eigenvalue weighted by Crippen LogP contribution is -2.57. The number of aryl methyl sites for hydroxylation is 1. The highest BCUT2D eigenvalue weighted by atomic mass is 16.3. The molecule has 26 heavy (non-hydrogen) atoms. The molecule has 2 N–H and O–H groups in total. The summed E-state index contributed by atoms with van der Waals surface area (Å²) in [5, 5.41) is 10.9. The summed E-state index contributed by atoms with van der Waals surface area (Å²) in [4.78, 5) is 28.1. The van der Waals surface area contributed by atoms with E-state index in [2.05, 4.69) is 29.7 Å². The van der Waals surface area contributed by atoms with Crippen molar-refractivity contribution in [1.82, 2.24) is 20.2 Å². The van der Waals surface area contributed by atoms with Crippen molar-refractivity contribution in [2.45, 2.75) is 25.9 Å². The lowest BCUT2D eigenvalue weighted by Gasteiger charge is -2.40. The maximum absolute atomic E-state index is 12.9. The van der Waals surface area contributed by atoms with Gasteiger partial charge in [0.15, 0.2) is 0 Å². The number of piperazine rings is 1. The molecular formula is C19H26N4O3. The molecule has 7 nitrogen and oxygen atoms in total. The van der Waals surface area contributed by atoms with E-state index in [9.17, 15) is 9.59 Å². The molecule has 0 aromatic heterocycles. The molecular weight excluding hydrogens is 332 g/mol. The van der Waals surface area contributed by atoms with Crippen LogP contribution < -0.4 is 5.43 Å². The van der Waals surface area contributed by atoms with E-state index in [4.69, 9.17) is 5.11 Å². The number of aliphatic hydroxyl groups excluding tert-OH is 1. The van der Waals surface area contributed by atoms with Crippen molar-refractivity contribution in [2.75, 3.05) is 33.3 Å². The van der Waals surface area contributed by atoms with E-state index in [0.29, 0.717) is 12.2 Å². The van der Waals surface area contributed by atoms with Crippen LogP contribution in [-0.2, 0) is 9.59 Å². The summed E-state index contributed by atoms with van der Waals surface area (Å²) in [5.74, 6) is -0.314. The topological polar surface area (TPSA) is 76.1 Å². The summed E-state index contributed by atoms with van der Waals surface area (Å²) in [6, 6.07) is 8.24. The largest absolute Gasteiger partial charge is 0.395 e. The van der Waals surface area contributed by atoms with Gasteiger partial charge in [0.05, 0.1) is 18.7 Å². The van der Waals surface area contributed by atoms with Crippen molar-refractivity contribution < 1.29 is 14.7 Å². The Morgan fingerprint density at radius 2 is 2.04 bits per heavy atom. The molecule has 0 bridgehead atoms. The summed E-state index contributed by atoms with van der Waals surface area (Å²) in [6.07, 6.45) is 1.93. The minimum Gasteiger partial charge on any atom is -0.395 e. The number of benzene rings is 1. The first-order valence-electron chi connectivity index (χ1n) is 8.88. The quantitative estimate of drug-likeness (QED) is 0.798. The molecule has 1 aromatic carbocycles. The number of hydrogen-bond donors (Lipinski definition) is 2. The Balaban J connectivity index is 1.75. The summed E-state index contributed by atoms with van der Waals surface area (Å²) in [7, 11) is 1.63. The SMILES string of the molecule is Cc1ccc(C2C=C3C(=O)N(CC(=O)N(C)CCO)CC(C)N3N2)cc1. The standard InChI is InChI=1S/C19H26N4O3/c1-13-4-6-15(7-5-13)16-10-17-19(26)22(11-14(2)23(17)20-16)12-18(25)21(3)8-9-24/h4-7,10,14,16,20,24H,8-9,11-12H2,1-3H3. The normalized spacial score (nSPS) is 22.3. The van der Waals surface area contributed by atoms with Crippen molar-refractivity contribution >= 4 is 11.8 Å². The lowest BCUT2D eigenvalue weighted by atomic mass is 10.1. The first-order valence-corrected chi connectivity index (χ1v) is 8.88. The third kappa shape index (κ3) is 3.59. The fourth-order valence-electron chi connectivity index (χ4n) is 3.32. The highest BCUT2D eigenvalue weighted by Gasteiger charge is 2.39. The first-order chi connectivity index (χ1) is 12.4. The zero-order valence-corrected chi connectivity index (χ0v) is 15.5. The summed E-state index contributed by atoms with van der Waals surface area (Å²) in [5.41, 5.74) is 6.27. The van der Waals surface area contributed by atoms with E-state index in [1.54, 1.807) is 11.9 Å². The molecule has 7 heteroatoms. The number of carbonyl (C=O) groups is 2. The Kier molecular flexibility index (Phi) is 5.29. The second-order valence-corrected chi connectivity index (χ2v) is 7.01. The van der Waals surface area contributed by atoms with Gasteiger partial charge in [-0.1, -0.05) is 29.8 Å². The lowest BCUT2D eigenvalue weighted by molar-refractivity contribution is -0.142. The number of hydrazine groups is 1. The number of hydrogen-bond acceptors (Lipinski definition) is 5. The van der Waals surface area contributed by atoms with Crippen LogP contribution in [-0.4, -0.2) is 71.1 Å². The molecule has 2 atom stereocenters. The molecule has 0 radical (unpaired) electrons. The highest BCUT2D eigenvalue weighted by Crippen LogP contribution is 2.30. The van der Waals surface area contributed by atoms with Crippen LogP contribution in [0.5, 0.6) is 0 Å². The monoisotopic (exact) mass is 358 g/mol. The fourth-order valence-corrected chi connectivity index (χ4v) is 3.32. The Bertz CT molecular complexity index is 716. The smallest absolute Gasteiger partial charge is 0.271 e. The molecule has 2 amide bonds. The number of nitrogens with one attached hydrogen (secondary N) is 1. The highest BCUT2D eigenvalue weighted by molar-refractivity contribution is 5.96. The molecule has 2 unspecified atom stereocenters. The number of rotatable bonds is 5. The van der Waals surface area contributed by atoms with Gasteiger partial charge in [-0.15, -0.1) is 0 Å².